The zero-order valence-corrected chi connectivity index (χ0v) is 32.4. The molecule has 0 saturated heterocycles. The summed E-state index contributed by atoms with van der Waals surface area (Å²) in [5, 5.41) is 8.72. The Morgan fingerprint density at radius 1 is 0.305 bits per heavy atom. The van der Waals surface area contributed by atoms with Crippen LogP contribution in [0.3, 0.4) is 0 Å². The van der Waals surface area contributed by atoms with E-state index in [1.54, 1.807) is 0 Å². The van der Waals surface area contributed by atoms with E-state index in [-0.39, 0.29) is 0 Å². The van der Waals surface area contributed by atoms with Gasteiger partial charge in [0.2, 0.25) is 0 Å². The lowest BCUT2D eigenvalue weighted by Gasteiger charge is -2.28. The number of benzene rings is 9. The first-order valence-electron chi connectivity index (χ1n) is 20.0. The summed E-state index contributed by atoms with van der Waals surface area (Å²) in [6.45, 7) is 4.32. The zero-order chi connectivity index (χ0) is 39.2. The van der Waals surface area contributed by atoms with E-state index in [1.165, 1.54) is 0 Å². The van der Waals surface area contributed by atoms with Crippen molar-refractivity contribution in [2.24, 2.45) is 0 Å². The Bertz CT molecular complexity index is 3630. The van der Waals surface area contributed by atoms with Gasteiger partial charge in [0.15, 0.2) is 11.2 Å². The molecule has 3 heterocycles. The molecule has 0 aliphatic carbocycles. The van der Waals surface area contributed by atoms with Gasteiger partial charge >= 0.3 is 0 Å². The highest BCUT2D eigenvalue weighted by atomic mass is 16.3. The monoisotopic (exact) mass is 760 g/mol. The molecule has 0 amide bonds. The third-order valence-corrected chi connectivity index (χ3v) is 11.9. The summed E-state index contributed by atoms with van der Waals surface area (Å²) in [6, 6.07) is 63.8. The number of nitrogens with zero attached hydrogens (tertiary/aromatic N) is 2. The Kier molecular flexibility index (Phi) is 7.29. The zero-order valence-electron chi connectivity index (χ0n) is 32.4. The van der Waals surface area contributed by atoms with Gasteiger partial charge in [-0.15, -0.1) is 0 Å². The van der Waals surface area contributed by atoms with Crippen molar-refractivity contribution in [3.8, 4) is 0 Å². The minimum absolute atomic E-state index is 0.803. The van der Waals surface area contributed by atoms with Gasteiger partial charge in [0.25, 0.3) is 0 Å². The molecule has 0 saturated carbocycles. The predicted molar refractivity (Wildman–Crippen MR) is 245 cm³/mol. The molecule has 0 radical (unpaired) electrons. The van der Waals surface area contributed by atoms with Crippen LogP contribution in [0.2, 0.25) is 0 Å². The van der Waals surface area contributed by atoms with Gasteiger partial charge in [-0.05, 0) is 78.9 Å². The van der Waals surface area contributed by atoms with Crippen LogP contribution in [-0.2, 0) is 0 Å². The van der Waals surface area contributed by atoms with Crippen LogP contribution in [0.5, 0.6) is 0 Å². The van der Waals surface area contributed by atoms with Crippen LogP contribution >= 0.6 is 0 Å². The first-order valence-corrected chi connectivity index (χ1v) is 20.0. The molecule has 5 heteroatoms. The number of hydrogen-bond donors (Lipinski definition) is 0. The number of rotatable bonds is 6. The number of anilines is 6. The Morgan fingerprint density at radius 2 is 0.797 bits per heavy atom. The minimum Gasteiger partial charge on any atom is -0.456 e. The Labute approximate surface area is 339 Å². The fraction of sp³-hybridized carbons (Fsp3) is 0.0370. The van der Waals surface area contributed by atoms with Gasteiger partial charge in [-0.3, -0.25) is 0 Å². The average molecular weight is 761 g/mol. The summed E-state index contributed by atoms with van der Waals surface area (Å²) < 4.78 is 20.3. The van der Waals surface area contributed by atoms with Crippen LogP contribution in [0.25, 0.3) is 76.6 Å². The smallest absolute Gasteiger partial charge is 0.159 e. The lowest BCUT2D eigenvalue weighted by atomic mass is 9.99. The maximum atomic E-state index is 7.02. The first-order chi connectivity index (χ1) is 29.1. The number of hydrogen-bond acceptors (Lipinski definition) is 5. The van der Waals surface area contributed by atoms with Gasteiger partial charge in [-0.25, -0.2) is 0 Å². The normalized spacial score (nSPS) is 11.9. The minimum atomic E-state index is 0.803. The van der Waals surface area contributed by atoms with Crippen LogP contribution in [0.1, 0.15) is 11.1 Å². The molecular weight excluding hydrogens is 725 g/mol. The molecule has 3 aromatic heterocycles. The topological polar surface area (TPSA) is 45.9 Å². The average Bonchev–Trinajstić information content (AvgIpc) is 3.97. The van der Waals surface area contributed by atoms with Gasteiger partial charge in [0, 0.05) is 61.2 Å². The van der Waals surface area contributed by atoms with Crippen LogP contribution in [0, 0.1) is 13.8 Å². The predicted octanol–water partition coefficient (Wildman–Crippen LogP) is 16.1. The fourth-order valence-corrected chi connectivity index (χ4v) is 9.18. The van der Waals surface area contributed by atoms with E-state index in [2.05, 4.69) is 181 Å². The maximum Gasteiger partial charge on any atom is 0.159 e. The van der Waals surface area contributed by atoms with Gasteiger partial charge in [0.05, 0.1) is 22.7 Å². The molecule has 5 nitrogen and oxygen atoms in total. The SMILES string of the molecule is Cc1ccccc1N(c1ccc2c(c1)oc1cc(N(c3ccccc3C)c3cccc4c3oc3ccccc34)c3ccccc3c12)c1cccc2c1oc1ccccc12. The number of para-hydroxylation sites is 6. The molecular formula is C54H36N2O3. The molecule has 59 heavy (non-hydrogen) atoms. The van der Waals surface area contributed by atoms with Gasteiger partial charge in [-0.1, -0.05) is 121 Å². The van der Waals surface area contributed by atoms with Gasteiger partial charge in [-0.2, -0.15) is 0 Å². The Morgan fingerprint density at radius 3 is 1.42 bits per heavy atom. The summed E-state index contributed by atoms with van der Waals surface area (Å²) in [7, 11) is 0. The molecule has 12 rings (SSSR count). The molecule has 0 aliphatic heterocycles. The van der Waals surface area contributed by atoms with E-state index in [9.17, 15) is 0 Å². The van der Waals surface area contributed by atoms with E-state index in [4.69, 9.17) is 13.3 Å². The molecule has 0 atom stereocenters. The van der Waals surface area contributed by atoms with Crippen molar-refractivity contribution in [1.82, 2.24) is 0 Å². The van der Waals surface area contributed by atoms with Crippen LogP contribution in [0.4, 0.5) is 34.1 Å². The number of fused-ring (bicyclic) bond motifs is 11. The fourth-order valence-electron chi connectivity index (χ4n) is 9.18. The van der Waals surface area contributed by atoms with Crippen LogP contribution in [-0.4, -0.2) is 0 Å². The highest BCUT2D eigenvalue weighted by Gasteiger charge is 2.26. The first kappa shape index (κ1) is 33.4. The second kappa shape index (κ2) is 12.9. The second-order valence-electron chi connectivity index (χ2n) is 15.3. The van der Waals surface area contributed by atoms with E-state index in [1.807, 2.05) is 24.3 Å². The molecule has 0 N–H and O–H groups in total. The summed E-state index contributed by atoms with van der Waals surface area (Å²) in [6.07, 6.45) is 0. The lowest BCUT2D eigenvalue weighted by molar-refractivity contribution is 0.667. The van der Waals surface area contributed by atoms with Crippen molar-refractivity contribution in [3.63, 3.8) is 0 Å². The Hall–Kier alpha value is -7.76. The van der Waals surface area contributed by atoms with E-state index in [0.717, 1.165) is 122 Å². The summed E-state index contributed by atoms with van der Waals surface area (Å²) >= 11 is 0. The summed E-state index contributed by atoms with van der Waals surface area (Å²) in [5.74, 6) is 0. The van der Waals surface area contributed by atoms with Crippen molar-refractivity contribution in [3.05, 3.63) is 193 Å². The highest BCUT2D eigenvalue weighted by molar-refractivity contribution is 6.23. The van der Waals surface area contributed by atoms with Crippen molar-refractivity contribution >= 4 is 111 Å². The molecule has 280 valence electrons. The molecule has 12 aromatic rings. The lowest BCUT2D eigenvalue weighted by Crippen LogP contribution is -2.12. The molecule has 0 unspecified atom stereocenters. The van der Waals surface area contributed by atoms with Crippen LogP contribution in [0.15, 0.2) is 195 Å². The molecule has 9 aromatic carbocycles. The number of aryl methyl sites for hydroxylation is 2. The summed E-state index contributed by atoms with van der Waals surface area (Å²) in [5.41, 5.74) is 13.4. The maximum absolute atomic E-state index is 7.02. The van der Waals surface area contributed by atoms with Crippen molar-refractivity contribution in [2.45, 2.75) is 13.8 Å². The molecule has 0 aliphatic rings. The third kappa shape index (κ3) is 5.04. The van der Waals surface area contributed by atoms with E-state index < -0.39 is 0 Å². The highest BCUT2D eigenvalue weighted by Crippen LogP contribution is 2.49. The van der Waals surface area contributed by atoms with E-state index >= 15 is 0 Å². The standard InChI is InChI=1S/C54H36N2O3/c1-33-15-3-9-23-43(33)55(45-25-13-21-40-37-18-7-11-27-48(37)58-53(40)45)35-29-30-42-50(31-35)57-51-32-47(36-17-5-6-20-39(36)52(42)51)56(44-24-10-4-16-34(44)2)46-26-14-22-41-38-19-8-12-28-49(38)59-54(41)46/h3-32H,1-2H3. The Balaban J connectivity index is 1.10. The van der Waals surface area contributed by atoms with Crippen LogP contribution < -0.4 is 9.80 Å². The molecule has 0 spiro atoms. The largest absolute Gasteiger partial charge is 0.456 e. The summed E-state index contributed by atoms with van der Waals surface area (Å²) in [4.78, 5) is 4.64. The number of furan rings is 3. The molecule has 0 bridgehead atoms. The van der Waals surface area contributed by atoms with Crippen molar-refractivity contribution < 1.29 is 13.3 Å². The van der Waals surface area contributed by atoms with Crippen molar-refractivity contribution in [1.29, 1.82) is 0 Å². The van der Waals surface area contributed by atoms with Gasteiger partial charge < -0.3 is 23.1 Å². The molecule has 0 fully saturated rings. The van der Waals surface area contributed by atoms with Crippen molar-refractivity contribution in [2.75, 3.05) is 9.80 Å². The van der Waals surface area contributed by atoms with Gasteiger partial charge in [0.1, 0.15) is 22.3 Å². The quantitative estimate of drug-likeness (QED) is 0.169. The third-order valence-electron chi connectivity index (χ3n) is 11.9. The van der Waals surface area contributed by atoms with E-state index in [0.29, 0.717) is 0 Å². The second-order valence-corrected chi connectivity index (χ2v) is 15.3.